The Morgan fingerprint density at radius 3 is 1.68 bits per heavy atom. The van der Waals surface area contributed by atoms with E-state index in [4.69, 9.17) is 0 Å². The van der Waals surface area contributed by atoms with Crippen LogP contribution in [0.2, 0.25) is 0 Å². The fourth-order valence-electron chi connectivity index (χ4n) is 3.05. The summed E-state index contributed by atoms with van der Waals surface area (Å²) in [6, 6.07) is 0. The number of aliphatic carboxylic acids is 1. The van der Waals surface area contributed by atoms with Crippen molar-refractivity contribution in [1.29, 1.82) is 0 Å². The van der Waals surface area contributed by atoms with E-state index in [9.17, 15) is 31.9 Å². The maximum atomic E-state index is 13.0. The molecule has 0 spiro atoms. The van der Waals surface area contributed by atoms with Gasteiger partial charge in [-0.1, -0.05) is 58.8 Å². The Labute approximate surface area is 147 Å². The molecule has 0 saturated carbocycles. The number of carboxylic acid groups (broad SMARTS) is 1. The molecule has 150 valence electrons. The topological polar surface area (TPSA) is 37.3 Å². The Morgan fingerprint density at radius 1 is 0.760 bits per heavy atom. The third-order valence-electron chi connectivity index (χ3n) is 4.95. The fourth-order valence-corrected chi connectivity index (χ4v) is 3.05. The van der Waals surface area contributed by atoms with E-state index in [2.05, 4.69) is 6.92 Å². The quantitative estimate of drug-likeness (QED) is 0.263. The van der Waals surface area contributed by atoms with Gasteiger partial charge in [0.25, 0.3) is 0 Å². The lowest BCUT2D eigenvalue weighted by molar-refractivity contribution is -0.284. The van der Waals surface area contributed by atoms with Crippen LogP contribution in [0.1, 0.15) is 90.9 Å². The van der Waals surface area contributed by atoms with Crippen molar-refractivity contribution in [3.63, 3.8) is 0 Å². The van der Waals surface area contributed by atoms with Gasteiger partial charge in [0, 0.05) is 6.42 Å². The third kappa shape index (κ3) is 8.36. The predicted molar refractivity (Wildman–Crippen MR) is 87.8 cm³/mol. The first-order chi connectivity index (χ1) is 11.5. The van der Waals surface area contributed by atoms with E-state index in [1.54, 1.807) is 6.92 Å². The van der Waals surface area contributed by atoms with E-state index in [1.807, 2.05) is 0 Å². The van der Waals surface area contributed by atoms with Crippen LogP contribution in [0.3, 0.4) is 0 Å². The summed E-state index contributed by atoms with van der Waals surface area (Å²) >= 11 is 0. The first-order valence-electron chi connectivity index (χ1n) is 9.20. The molecule has 0 aromatic heterocycles. The van der Waals surface area contributed by atoms with Crippen molar-refractivity contribution in [1.82, 2.24) is 0 Å². The number of hydrogen-bond acceptors (Lipinski definition) is 1. The van der Waals surface area contributed by atoms with Gasteiger partial charge in [-0.3, -0.25) is 4.79 Å². The molecule has 0 fully saturated rings. The van der Waals surface area contributed by atoms with Gasteiger partial charge in [0.15, 0.2) is 0 Å². The number of halogens is 5. The largest absolute Gasteiger partial charge is 0.481 e. The molecule has 1 N–H and O–H groups in total. The zero-order chi connectivity index (χ0) is 19.6. The summed E-state index contributed by atoms with van der Waals surface area (Å²) in [4.78, 5) is 11.6. The van der Waals surface area contributed by atoms with Gasteiger partial charge in [-0.2, -0.15) is 22.0 Å². The molecule has 2 nitrogen and oxygen atoms in total. The van der Waals surface area contributed by atoms with Gasteiger partial charge in [0.2, 0.25) is 0 Å². The highest BCUT2D eigenvalue weighted by molar-refractivity contribution is 5.74. The zero-order valence-electron chi connectivity index (χ0n) is 15.2. The second-order valence-electron chi connectivity index (χ2n) is 6.87. The summed E-state index contributed by atoms with van der Waals surface area (Å²) in [6.45, 7) is 3.77. The smallest absolute Gasteiger partial charge is 0.453 e. The van der Waals surface area contributed by atoms with Crippen molar-refractivity contribution in [3.8, 4) is 0 Å². The van der Waals surface area contributed by atoms with E-state index in [-0.39, 0.29) is 12.8 Å². The molecule has 0 radical (unpaired) electrons. The first-order valence-corrected chi connectivity index (χ1v) is 9.20. The SMILES string of the molecule is CCCCCCCCCC(CC)(CCCC(F)(F)C(F)(F)F)C(=O)O. The van der Waals surface area contributed by atoms with Gasteiger partial charge in [-0.15, -0.1) is 0 Å². The van der Waals surface area contributed by atoms with Crippen molar-refractivity contribution in [2.24, 2.45) is 5.41 Å². The number of rotatable bonds is 14. The van der Waals surface area contributed by atoms with E-state index in [0.717, 1.165) is 32.1 Å². The number of alkyl halides is 5. The number of unbranched alkanes of at least 4 members (excludes halogenated alkanes) is 6. The standard InChI is InChI=1S/C18H31F5O2/c1-3-5-6-7-8-9-10-12-16(4-2,15(24)25)13-11-14-17(19,20)18(21,22)23/h3-14H2,1-2H3,(H,24,25). The van der Waals surface area contributed by atoms with Crippen molar-refractivity contribution < 1.29 is 31.9 Å². The van der Waals surface area contributed by atoms with Gasteiger partial charge in [0.1, 0.15) is 0 Å². The average Bonchev–Trinajstić information content (AvgIpc) is 2.50. The van der Waals surface area contributed by atoms with Crippen LogP contribution in [-0.2, 0) is 4.79 Å². The van der Waals surface area contributed by atoms with Gasteiger partial charge < -0.3 is 5.11 Å². The van der Waals surface area contributed by atoms with E-state index < -0.39 is 36.3 Å². The summed E-state index contributed by atoms with van der Waals surface area (Å²) in [5.41, 5.74) is -1.20. The van der Waals surface area contributed by atoms with Crippen molar-refractivity contribution in [2.75, 3.05) is 0 Å². The molecular formula is C18H31F5O2. The molecule has 0 aromatic carbocycles. The Hall–Kier alpha value is -0.880. The van der Waals surface area contributed by atoms with E-state index >= 15 is 0 Å². The molecule has 0 amide bonds. The molecule has 1 atom stereocenters. The molecule has 1 unspecified atom stereocenters. The highest BCUT2D eigenvalue weighted by atomic mass is 19.4. The molecule has 25 heavy (non-hydrogen) atoms. The fraction of sp³-hybridized carbons (Fsp3) is 0.944. The van der Waals surface area contributed by atoms with Gasteiger partial charge in [-0.25, -0.2) is 0 Å². The summed E-state index contributed by atoms with van der Waals surface area (Å²) in [5.74, 6) is -5.86. The number of carbonyl (C=O) groups is 1. The second kappa shape index (κ2) is 11.0. The average molecular weight is 374 g/mol. The second-order valence-corrected chi connectivity index (χ2v) is 6.87. The molecule has 0 saturated heterocycles. The van der Waals surface area contributed by atoms with Crippen LogP contribution in [0.4, 0.5) is 22.0 Å². The molecule has 0 aliphatic heterocycles. The van der Waals surface area contributed by atoms with Crippen molar-refractivity contribution in [3.05, 3.63) is 0 Å². The van der Waals surface area contributed by atoms with Crippen molar-refractivity contribution >= 4 is 5.97 Å². The summed E-state index contributed by atoms with van der Waals surface area (Å²) < 4.78 is 62.6. The monoisotopic (exact) mass is 374 g/mol. The maximum Gasteiger partial charge on any atom is 0.453 e. The Bertz CT molecular complexity index is 382. The molecule has 0 aliphatic carbocycles. The highest BCUT2D eigenvalue weighted by Gasteiger charge is 2.56. The molecule has 0 bridgehead atoms. The van der Waals surface area contributed by atoms with Crippen LogP contribution in [0.5, 0.6) is 0 Å². The van der Waals surface area contributed by atoms with Crippen LogP contribution in [0, 0.1) is 5.41 Å². The highest BCUT2D eigenvalue weighted by Crippen LogP contribution is 2.42. The Balaban J connectivity index is 4.46. The molecule has 0 aliphatic rings. The van der Waals surface area contributed by atoms with Gasteiger partial charge in [-0.05, 0) is 25.7 Å². The lowest BCUT2D eigenvalue weighted by Gasteiger charge is -2.29. The lowest BCUT2D eigenvalue weighted by atomic mass is 9.75. The zero-order valence-corrected chi connectivity index (χ0v) is 15.2. The molecule has 0 heterocycles. The molecule has 0 rings (SSSR count). The minimum absolute atomic E-state index is 0.152. The van der Waals surface area contributed by atoms with Crippen molar-refractivity contribution in [2.45, 2.75) is 103 Å². The lowest BCUT2D eigenvalue weighted by Crippen LogP contribution is -2.37. The minimum Gasteiger partial charge on any atom is -0.481 e. The van der Waals surface area contributed by atoms with Crippen LogP contribution in [-0.4, -0.2) is 23.2 Å². The summed E-state index contributed by atoms with van der Waals surface area (Å²) in [6.07, 6.45) is 0.0429. The van der Waals surface area contributed by atoms with Gasteiger partial charge >= 0.3 is 18.1 Å². The number of hydrogen-bond donors (Lipinski definition) is 1. The van der Waals surface area contributed by atoms with E-state index in [1.165, 1.54) is 6.42 Å². The number of carboxylic acids is 1. The normalized spacial score (nSPS) is 15.2. The predicted octanol–water partition coefficient (Wildman–Crippen LogP) is 6.98. The van der Waals surface area contributed by atoms with Crippen LogP contribution >= 0.6 is 0 Å². The minimum atomic E-state index is -5.58. The first kappa shape index (κ1) is 24.1. The van der Waals surface area contributed by atoms with E-state index in [0.29, 0.717) is 12.8 Å². The molecule has 7 heteroatoms. The maximum absolute atomic E-state index is 13.0. The van der Waals surface area contributed by atoms with Gasteiger partial charge in [0.05, 0.1) is 5.41 Å². The molecule has 0 aromatic rings. The van der Waals surface area contributed by atoms with Crippen LogP contribution in [0.25, 0.3) is 0 Å². The Kier molecular flexibility index (Phi) is 10.6. The Morgan fingerprint density at radius 2 is 1.24 bits per heavy atom. The summed E-state index contributed by atoms with van der Waals surface area (Å²) in [5, 5.41) is 9.48. The summed E-state index contributed by atoms with van der Waals surface area (Å²) in [7, 11) is 0. The molecular weight excluding hydrogens is 343 g/mol. The van der Waals surface area contributed by atoms with Crippen LogP contribution < -0.4 is 0 Å². The van der Waals surface area contributed by atoms with Crippen LogP contribution in [0.15, 0.2) is 0 Å². The third-order valence-corrected chi connectivity index (χ3v) is 4.95.